The highest BCUT2D eigenvalue weighted by molar-refractivity contribution is 5.65. The molecule has 0 aliphatic carbocycles. The van der Waals surface area contributed by atoms with E-state index in [-0.39, 0.29) is 0 Å². The van der Waals surface area contributed by atoms with E-state index in [1.807, 2.05) is 12.1 Å². The maximum absolute atomic E-state index is 5.43. The van der Waals surface area contributed by atoms with Crippen molar-refractivity contribution >= 4 is 0 Å². The van der Waals surface area contributed by atoms with Gasteiger partial charge in [-0.3, -0.25) is 0 Å². The highest BCUT2D eigenvalue weighted by Gasteiger charge is 2.12. The Bertz CT molecular complexity index is 474. The van der Waals surface area contributed by atoms with E-state index in [0.29, 0.717) is 0 Å². The lowest BCUT2D eigenvalue weighted by Gasteiger charge is -2.03. The standard InChI is InChI=1S/C14H11O/c1-2-4-11(5-3-1)12-6-7-14-13(10-12)8-9-15-14/h1-6,10H,8-9H2. The molecular formula is C14H11O. The number of rotatable bonds is 1. The van der Waals surface area contributed by atoms with Gasteiger partial charge in [-0.15, -0.1) is 0 Å². The molecule has 1 heteroatoms. The third-order valence-corrected chi connectivity index (χ3v) is 2.71. The molecule has 1 nitrogen and oxygen atoms in total. The van der Waals surface area contributed by atoms with Crippen LogP contribution in [0.3, 0.4) is 0 Å². The van der Waals surface area contributed by atoms with Crippen LogP contribution in [-0.4, -0.2) is 6.61 Å². The predicted molar refractivity (Wildman–Crippen MR) is 59.9 cm³/mol. The first-order valence-corrected chi connectivity index (χ1v) is 5.16. The zero-order chi connectivity index (χ0) is 10.1. The molecule has 1 aliphatic heterocycles. The van der Waals surface area contributed by atoms with Crippen LogP contribution in [0, 0.1) is 6.07 Å². The lowest BCUT2D eigenvalue weighted by atomic mass is 10.0. The van der Waals surface area contributed by atoms with Crippen LogP contribution in [0.5, 0.6) is 5.75 Å². The van der Waals surface area contributed by atoms with E-state index < -0.39 is 0 Å². The van der Waals surface area contributed by atoms with Gasteiger partial charge in [-0.2, -0.15) is 0 Å². The molecule has 0 atom stereocenters. The van der Waals surface area contributed by atoms with Crippen LogP contribution in [0.1, 0.15) is 5.56 Å². The zero-order valence-electron chi connectivity index (χ0n) is 8.36. The van der Waals surface area contributed by atoms with E-state index in [1.165, 1.54) is 16.7 Å². The van der Waals surface area contributed by atoms with Gasteiger partial charge in [0.2, 0.25) is 0 Å². The van der Waals surface area contributed by atoms with Gasteiger partial charge in [0.15, 0.2) is 0 Å². The summed E-state index contributed by atoms with van der Waals surface area (Å²) in [5.74, 6) is 0.926. The Morgan fingerprint density at radius 3 is 2.80 bits per heavy atom. The molecule has 2 aromatic rings. The Labute approximate surface area is 89.3 Å². The molecule has 0 unspecified atom stereocenters. The van der Waals surface area contributed by atoms with E-state index in [2.05, 4.69) is 36.4 Å². The summed E-state index contributed by atoms with van der Waals surface area (Å²) in [5, 5.41) is 0. The first kappa shape index (κ1) is 8.54. The van der Waals surface area contributed by atoms with Crippen molar-refractivity contribution in [1.29, 1.82) is 0 Å². The topological polar surface area (TPSA) is 9.23 Å². The Hall–Kier alpha value is -1.76. The van der Waals surface area contributed by atoms with Crippen molar-refractivity contribution < 1.29 is 4.74 Å². The molecule has 0 bridgehead atoms. The molecule has 0 saturated heterocycles. The fourth-order valence-corrected chi connectivity index (χ4v) is 1.91. The molecule has 1 heterocycles. The summed E-state index contributed by atoms with van der Waals surface area (Å²) in [7, 11) is 0. The van der Waals surface area contributed by atoms with Crippen molar-refractivity contribution in [3.8, 4) is 16.9 Å². The molecule has 1 radical (unpaired) electrons. The molecular weight excluding hydrogens is 184 g/mol. The lowest BCUT2D eigenvalue weighted by molar-refractivity contribution is 0.356. The van der Waals surface area contributed by atoms with E-state index >= 15 is 0 Å². The van der Waals surface area contributed by atoms with Crippen LogP contribution in [0.15, 0.2) is 42.5 Å². The van der Waals surface area contributed by atoms with E-state index in [9.17, 15) is 0 Å². The Morgan fingerprint density at radius 2 is 1.93 bits per heavy atom. The average Bonchev–Trinajstić information content (AvgIpc) is 2.77. The first-order valence-electron chi connectivity index (χ1n) is 5.16. The summed E-state index contributed by atoms with van der Waals surface area (Å²) in [6.07, 6.45) is 1.01. The van der Waals surface area contributed by atoms with Gasteiger partial charge in [-0.1, -0.05) is 30.3 Å². The second-order valence-electron chi connectivity index (χ2n) is 3.71. The quantitative estimate of drug-likeness (QED) is 0.679. The minimum atomic E-state index is 0.796. The van der Waals surface area contributed by atoms with Crippen LogP contribution in [0.4, 0.5) is 0 Å². The summed E-state index contributed by atoms with van der Waals surface area (Å²) in [6.45, 7) is 0.796. The molecule has 0 spiro atoms. The van der Waals surface area contributed by atoms with Gasteiger partial charge in [-0.05, 0) is 28.8 Å². The number of benzene rings is 2. The molecule has 15 heavy (non-hydrogen) atoms. The smallest absolute Gasteiger partial charge is 0.130 e. The normalized spacial score (nSPS) is 13.3. The Morgan fingerprint density at radius 1 is 1.07 bits per heavy atom. The van der Waals surface area contributed by atoms with E-state index in [4.69, 9.17) is 4.74 Å². The fraction of sp³-hybridized carbons (Fsp3) is 0.143. The molecule has 73 valence electrons. The van der Waals surface area contributed by atoms with Crippen LogP contribution in [0.25, 0.3) is 11.1 Å². The fourth-order valence-electron chi connectivity index (χ4n) is 1.91. The third-order valence-electron chi connectivity index (χ3n) is 2.71. The van der Waals surface area contributed by atoms with Crippen LogP contribution < -0.4 is 4.74 Å². The van der Waals surface area contributed by atoms with Gasteiger partial charge in [0.1, 0.15) is 5.75 Å². The molecule has 0 fully saturated rings. The molecule has 0 amide bonds. The molecule has 1 aliphatic rings. The molecule has 2 aromatic carbocycles. The van der Waals surface area contributed by atoms with Crippen molar-refractivity contribution in [2.75, 3.05) is 6.61 Å². The number of ether oxygens (including phenoxy) is 1. The minimum Gasteiger partial charge on any atom is -0.492 e. The van der Waals surface area contributed by atoms with Crippen molar-refractivity contribution in [3.63, 3.8) is 0 Å². The van der Waals surface area contributed by atoms with E-state index in [0.717, 1.165) is 18.8 Å². The van der Waals surface area contributed by atoms with Gasteiger partial charge in [0.05, 0.1) is 6.61 Å². The highest BCUT2D eigenvalue weighted by atomic mass is 16.5. The maximum atomic E-state index is 5.43. The minimum absolute atomic E-state index is 0.796. The Balaban J connectivity index is 2.07. The summed E-state index contributed by atoms with van der Waals surface area (Å²) < 4.78 is 5.43. The zero-order valence-corrected chi connectivity index (χ0v) is 8.36. The van der Waals surface area contributed by atoms with Crippen molar-refractivity contribution in [2.45, 2.75) is 6.42 Å². The number of hydrogen-bond donors (Lipinski definition) is 0. The average molecular weight is 195 g/mol. The lowest BCUT2D eigenvalue weighted by Crippen LogP contribution is -1.85. The Kier molecular flexibility index (Phi) is 1.95. The van der Waals surface area contributed by atoms with Gasteiger partial charge in [0.25, 0.3) is 0 Å². The van der Waals surface area contributed by atoms with Crippen molar-refractivity contribution in [1.82, 2.24) is 0 Å². The first-order chi connectivity index (χ1) is 7.43. The van der Waals surface area contributed by atoms with Crippen LogP contribution >= 0.6 is 0 Å². The summed E-state index contributed by atoms with van der Waals surface area (Å²) in [6, 6.07) is 17.8. The number of fused-ring (bicyclic) bond motifs is 1. The van der Waals surface area contributed by atoms with Crippen molar-refractivity contribution in [2.24, 2.45) is 0 Å². The number of hydrogen-bond acceptors (Lipinski definition) is 1. The van der Waals surface area contributed by atoms with Crippen LogP contribution in [-0.2, 0) is 6.42 Å². The monoisotopic (exact) mass is 195 g/mol. The second kappa shape index (κ2) is 3.43. The second-order valence-corrected chi connectivity index (χ2v) is 3.71. The van der Waals surface area contributed by atoms with Gasteiger partial charge in [0, 0.05) is 12.5 Å². The van der Waals surface area contributed by atoms with Crippen LogP contribution in [0.2, 0.25) is 0 Å². The molecule has 0 saturated carbocycles. The summed E-state index contributed by atoms with van der Waals surface area (Å²) >= 11 is 0. The van der Waals surface area contributed by atoms with Gasteiger partial charge >= 0.3 is 0 Å². The maximum Gasteiger partial charge on any atom is 0.130 e. The van der Waals surface area contributed by atoms with Gasteiger partial charge < -0.3 is 4.74 Å². The summed E-state index contributed by atoms with van der Waals surface area (Å²) in [4.78, 5) is 0. The highest BCUT2D eigenvalue weighted by Crippen LogP contribution is 2.29. The third kappa shape index (κ3) is 1.50. The predicted octanol–water partition coefficient (Wildman–Crippen LogP) is 3.09. The SMILES string of the molecule is [c]1cc(-c2ccccc2)cc2c1OCC2. The van der Waals surface area contributed by atoms with E-state index in [1.54, 1.807) is 0 Å². The summed E-state index contributed by atoms with van der Waals surface area (Å²) in [5.41, 5.74) is 3.74. The molecule has 0 aromatic heterocycles. The molecule has 3 rings (SSSR count). The molecule has 0 N–H and O–H groups in total. The van der Waals surface area contributed by atoms with Crippen molar-refractivity contribution in [3.05, 3.63) is 54.1 Å². The largest absolute Gasteiger partial charge is 0.492 e. The van der Waals surface area contributed by atoms with Gasteiger partial charge in [-0.25, -0.2) is 0 Å².